The fourth-order valence-electron chi connectivity index (χ4n) is 4.84. The van der Waals surface area contributed by atoms with Crippen molar-refractivity contribution in [3.8, 4) is 0 Å². The molecular formula is C27H34F3N3O6S. The van der Waals surface area contributed by atoms with E-state index >= 15 is 0 Å². The van der Waals surface area contributed by atoms with Crippen molar-refractivity contribution in [3.05, 3.63) is 54.1 Å². The van der Waals surface area contributed by atoms with Crippen LogP contribution in [-0.2, 0) is 14.8 Å². The third-order valence-corrected chi connectivity index (χ3v) is 8.42. The van der Waals surface area contributed by atoms with Crippen LogP contribution in [0.2, 0.25) is 0 Å². The number of carboxylic acid groups (broad SMARTS) is 2. The average Bonchev–Trinajstić information content (AvgIpc) is 2.93. The summed E-state index contributed by atoms with van der Waals surface area (Å²) in [6.45, 7) is 5.27. The number of aliphatic carboxylic acids is 1. The highest BCUT2D eigenvalue weighted by molar-refractivity contribution is 7.92. The zero-order valence-corrected chi connectivity index (χ0v) is 22.8. The van der Waals surface area contributed by atoms with Gasteiger partial charge in [-0.25, -0.2) is 18.0 Å². The molecule has 4 rings (SSSR count). The molecule has 13 heteroatoms. The van der Waals surface area contributed by atoms with Gasteiger partial charge in [0, 0.05) is 13.1 Å². The number of anilines is 2. The molecule has 2 aromatic carbocycles. The summed E-state index contributed by atoms with van der Waals surface area (Å²) in [5, 5.41) is 16.6. The van der Waals surface area contributed by atoms with E-state index in [1.54, 1.807) is 30.3 Å². The van der Waals surface area contributed by atoms with E-state index in [1.165, 1.54) is 63.5 Å². The van der Waals surface area contributed by atoms with Gasteiger partial charge in [-0.05, 0) is 88.0 Å². The molecular weight excluding hydrogens is 551 g/mol. The average molecular weight is 586 g/mol. The van der Waals surface area contributed by atoms with Crippen LogP contribution in [0, 0.1) is 5.92 Å². The van der Waals surface area contributed by atoms with Crippen molar-refractivity contribution >= 4 is 33.3 Å². The molecule has 0 unspecified atom stereocenters. The minimum atomic E-state index is -5.08. The van der Waals surface area contributed by atoms with Crippen LogP contribution in [0.25, 0.3) is 0 Å². The van der Waals surface area contributed by atoms with Crippen molar-refractivity contribution < 1.29 is 41.4 Å². The maximum atomic E-state index is 12.9. The maximum absolute atomic E-state index is 12.9. The van der Waals surface area contributed by atoms with Crippen LogP contribution in [0.15, 0.2) is 53.4 Å². The van der Waals surface area contributed by atoms with Gasteiger partial charge in [0.25, 0.3) is 10.0 Å². The number of nitrogens with zero attached hydrogens (tertiary/aromatic N) is 2. The molecule has 9 nitrogen and oxygen atoms in total. The molecule has 2 heterocycles. The third kappa shape index (κ3) is 9.12. The van der Waals surface area contributed by atoms with Gasteiger partial charge in [-0.3, -0.25) is 4.72 Å². The number of hydrogen-bond donors (Lipinski definition) is 3. The molecule has 2 fully saturated rings. The van der Waals surface area contributed by atoms with E-state index in [0.717, 1.165) is 31.6 Å². The Bertz CT molecular complexity index is 1240. The van der Waals surface area contributed by atoms with Crippen molar-refractivity contribution in [1.29, 1.82) is 0 Å². The second-order valence-electron chi connectivity index (χ2n) is 9.88. The highest BCUT2D eigenvalue weighted by Gasteiger charge is 2.38. The summed E-state index contributed by atoms with van der Waals surface area (Å²) in [6, 6.07) is 12.8. The molecule has 2 aliphatic rings. The second-order valence-corrected chi connectivity index (χ2v) is 11.6. The Morgan fingerprint density at radius 2 is 1.52 bits per heavy atom. The number of benzene rings is 2. The van der Waals surface area contributed by atoms with E-state index in [4.69, 9.17) is 9.90 Å². The molecule has 0 spiro atoms. The van der Waals surface area contributed by atoms with E-state index in [2.05, 4.69) is 14.5 Å². The number of sulfonamides is 1. The molecule has 220 valence electrons. The van der Waals surface area contributed by atoms with Crippen molar-refractivity contribution in [1.82, 2.24) is 4.90 Å². The number of likely N-dealkylation sites (tertiary alicyclic amines) is 1. The van der Waals surface area contributed by atoms with E-state index in [9.17, 15) is 31.5 Å². The first-order chi connectivity index (χ1) is 18.9. The summed E-state index contributed by atoms with van der Waals surface area (Å²) in [7, 11) is -3.82. The normalized spacial score (nSPS) is 17.0. The minimum Gasteiger partial charge on any atom is -0.478 e. The van der Waals surface area contributed by atoms with Crippen LogP contribution in [0.5, 0.6) is 0 Å². The first-order valence-electron chi connectivity index (χ1n) is 13.1. The van der Waals surface area contributed by atoms with Crippen molar-refractivity contribution in [2.75, 3.05) is 42.3 Å². The summed E-state index contributed by atoms with van der Waals surface area (Å²) in [4.78, 5) is 25.3. The first-order valence-corrected chi connectivity index (χ1v) is 14.6. The second kappa shape index (κ2) is 13.8. The Hall–Kier alpha value is -3.32. The number of hydrogen-bond acceptors (Lipinski definition) is 6. The monoisotopic (exact) mass is 585 g/mol. The van der Waals surface area contributed by atoms with Crippen molar-refractivity contribution in [2.24, 2.45) is 5.92 Å². The highest BCUT2D eigenvalue weighted by atomic mass is 32.2. The number of carboxylic acids is 2. The lowest BCUT2D eigenvalue weighted by Gasteiger charge is -2.36. The van der Waals surface area contributed by atoms with E-state index < -0.39 is 28.1 Å². The summed E-state index contributed by atoms with van der Waals surface area (Å²) in [5.74, 6) is -3.17. The Morgan fingerprint density at radius 3 is 2.08 bits per heavy atom. The number of rotatable bonds is 8. The lowest BCUT2D eigenvalue weighted by Crippen LogP contribution is -2.36. The van der Waals surface area contributed by atoms with Crippen molar-refractivity contribution in [3.63, 3.8) is 0 Å². The van der Waals surface area contributed by atoms with Crippen LogP contribution >= 0.6 is 0 Å². The van der Waals surface area contributed by atoms with Gasteiger partial charge >= 0.3 is 18.1 Å². The van der Waals surface area contributed by atoms with Crippen LogP contribution in [0.3, 0.4) is 0 Å². The van der Waals surface area contributed by atoms with Gasteiger partial charge in [-0.1, -0.05) is 24.6 Å². The van der Waals surface area contributed by atoms with Crippen LogP contribution < -0.4 is 9.62 Å². The molecule has 0 aromatic heterocycles. The molecule has 0 bridgehead atoms. The zero-order chi connectivity index (χ0) is 29.3. The van der Waals surface area contributed by atoms with Crippen molar-refractivity contribution in [2.45, 2.75) is 49.6 Å². The van der Waals surface area contributed by atoms with Gasteiger partial charge in [0.15, 0.2) is 0 Å². The smallest absolute Gasteiger partial charge is 0.478 e. The predicted octanol–water partition coefficient (Wildman–Crippen LogP) is 4.91. The molecule has 2 aliphatic heterocycles. The quantitative estimate of drug-likeness (QED) is 0.399. The van der Waals surface area contributed by atoms with Gasteiger partial charge in [0.05, 0.1) is 21.8 Å². The minimum absolute atomic E-state index is 0.0564. The fraction of sp³-hybridized carbons (Fsp3) is 0.481. The van der Waals surface area contributed by atoms with Gasteiger partial charge in [0.2, 0.25) is 0 Å². The number of carbonyl (C=O) groups is 2. The molecule has 2 saturated heterocycles. The van der Waals surface area contributed by atoms with Gasteiger partial charge in [0.1, 0.15) is 0 Å². The Morgan fingerprint density at radius 1 is 0.925 bits per heavy atom. The van der Waals surface area contributed by atoms with E-state index in [1.807, 2.05) is 0 Å². The zero-order valence-electron chi connectivity index (χ0n) is 21.9. The van der Waals surface area contributed by atoms with Gasteiger partial charge < -0.3 is 20.0 Å². The number of nitrogens with one attached hydrogen (secondary N) is 1. The maximum Gasteiger partial charge on any atom is 0.490 e. The predicted molar refractivity (Wildman–Crippen MR) is 144 cm³/mol. The third-order valence-electron chi connectivity index (χ3n) is 7.04. The molecule has 40 heavy (non-hydrogen) atoms. The molecule has 0 saturated carbocycles. The molecule has 3 N–H and O–H groups in total. The summed E-state index contributed by atoms with van der Waals surface area (Å²) >= 11 is 0. The Kier molecular flexibility index (Phi) is 10.8. The van der Waals surface area contributed by atoms with E-state index in [0.29, 0.717) is 11.6 Å². The Balaban J connectivity index is 0.000000559. The number of alkyl halides is 3. The number of aromatic carboxylic acids is 1. The Labute approximate surface area is 231 Å². The van der Waals surface area contributed by atoms with Crippen LogP contribution in [0.4, 0.5) is 24.5 Å². The lowest BCUT2D eigenvalue weighted by molar-refractivity contribution is -0.192. The lowest BCUT2D eigenvalue weighted by atomic mass is 9.92. The largest absolute Gasteiger partial charge is 0.490 e. The molecule has 0 atom stereocenters. The van der Waals surface area contributed by atoms with Crippen LogP contribution in [-0.4, -0.2) is 74.4 Å². The van der Waals surface area contributed by atoms with Crippen LogP contribution in [0.1, 0.15) is 48.9 Å². The fourth-order valence-corrected chi connectivity index (χ4v) is 5.93. The summed E-state index contributed by atoms with van der Waals surface area (Å²) in [6.07, 6.45) is 2.21. The number of piperidine rings is 2. The standard InChI is InChI=1S/C25H33N3O4S.C2HF3O2/c29-25(30)21-9-10-24(23(19-21)26-33(31,32)22-7-3-1-4-8-22)28-17-12-20(13-18-28)11-16-27-14-5-2-6-15-27;3-2(4,5)1(6)7/h1,3-4,7-10,19-20,26H,2,5-6,11-18H2,(H,29,30);(H,6,7). The first kappa shape index (κ1) is 31.2. The van der Waals surface area contributed by atoms with Gasteiger partial charge in [-0.2, -0.15) is 13.2 Å². The molecule has 0 amide bonds. The molecule has 0 radical (unpaired) electrons. The topological polar surface area (TPSA) is 127 Å². The SMILES string of the molecule is O=C(O)C(F)(F)F.O=C(O)c1ccc(N2CCC(CCN3CCCCC3)CC2)c(NS(=O)(=O)c2ccccc2)c1. The van der Waals surface area contributed by atoms with Gasteiger partial charge in [-0.15, -0.1) is 0 Å². The summed E-state index contributed by atoms with van der Waals surface area (Å²) in [5.41, 5.74) is 1.10. The van der Waals surface area contributed by atoms with E-state index in [-0.39, 0.29) is 10.5 Å². The number of halogens is 3. The summed E-state index contributed by atoms with van der Waals surface area (Å²) < 4.78 is 60.2. The molecule has 0 aliphatic carbocycles. The molecule has 2 aromatic rings. The highest BCUT2D eigenvalue weighted by Crippen LogP contribution is 2.33.